The van der Waals surface area contributed by atoms with E-state index in [0.29, 0.717) is 11.3 Å². The zero-order valence-electron chi connectivity index (χ0n) is 16.1. The Bertz CT molecular complexity index is 1220. The average Bonchev–Trinajstić information content (AvgIpc) is 2.79. The number of carbonyl (C=O) groups is 3. The average molecular weight is 435 g/mol. The summed E-state index contributed by atoms with van der Waals surface area (Å²) in [7, 11) is -4.16. The highest BCUT2D eigenvalue weighted by atomic mass is 32.2. The van der Waals surface area contributed by atoms with Gasteiger partial charge in [0.15, 0.2) is 5.78 Å². The predicted molar refractivity (Wildman–Crippen MR) is 114 cm³/mol. The molecule has 0 aliphatic heterocycles. The van der Waals surface area contributed by atoms with Crippen molar-refractivity contribution in [3.8, 4) is 0 Å². The molecule has 156 valence electrons. The number of amides is 2. The minimum absolute atomic E-state index is 0.141. The first-order valence-corrected chi connectivity index (χ1v) is 10.5. The summed E-state index contributed by atoms with van der Waals surface area (Å²) in [6.45, 7) is 0. The molecule has 0 aliphatic rings. The van der Waals surface area contributed by atoms with Crippen LogP contribution in [0.25, 0.3) is 6.08 Å². The summed E-state index contributed by atoms with van der Waals surface area (Å²) >= 11 is 0. The molecule has 0 radical (unpaired) electrons. The van der Waals surface area contributed by atoms with Gasteiger partial charge in [0, 0.05) is 17.4 Å². The van der Waals surface area contributed by atoms with Gasteiger partial charge in [-0.3, -0.25) is 19.4 Å². The number of anilines is 1. The number of ketones is 1. The Morgan fingerprint density at radius 1 is 0.806 bits per heavy atom. The van der Waals surface area contributed by atoms with Crippen LogP contribution in [0.1, 0.15) is 16.1 Å². The van der Waals surface area contributed by atoms with Gasteiger partial charge in [-0.2, -0.15) is 0 Å². The zero-order chi connectivity index (χ0) is 22.3. The number of pyridine rings is 1. The third kappa shape index (κ3) is 5.94. The highest BCUT2D eigenvalue weighted by molar-refractivity contribution is 7.90. The van der Waals surface area contributed by atoms with Gasteiger partial charge in [0.1, 0.15) is 0 Å². The molecule has 31 heavy (non-hydrogen) atoms. The molecule has 1 aromatic heterocycles. The number of nitrogens with zero attached hydrogens (tertiary/aromatic N) is 1. The second kappa shape index (κ2) is 9.59. The molecule has 3 rings (SSSR count). The molecule has 2 N–H and O–H groups in total. The molecular formula is C22H17N3O5S. The fourth-order valence-electron chi connectivity index (χ4n) is 2.46. The molecule has 0 saturated heterocycles. The van der Waals surface area contributed by atoms with Gasteiger partial charge in [0.25, 0.3) is 10.0 Å². The molecule has 0 unspecified atom stereocenters. The lowest BCUT2D eigenvalue weighted by molar-refractivity contribution is -0.135. The van der Waals surface area contributed by atoms with Crippen molar-refractivity contribution in [2.45, 2.75) is 4.90 Å². The molecule has 0 fully saturated rings. The maximum Gasteiger partial charge on any atom is 0.323 e. The van der Waals surface area contributed by atoms with E-state index in [1.807, 2.05) is 0 Å². The van der Waals surface area contributed by atoms with Gasteiger partial charge in [-0.1, -0.05) is 24.3 Å². The molecule has 0 bridgehead atoms. The van der Waals surface area contributed by atoms with E-state index in [1.54, 1.807) is 41.3 Å². The molecule has 1 heterocycles. The van der Waals surface area contributed by atoms with Gasteiger partial charge >= 0.3 is 11.8 Å². The lowest BCUT2D eigenvalue weighted by Crippen LogP contribution is -2.39. The first kappa shape index (κ1) is 21.6. The first-order chi connectivity index (χ1) is 14.8. The number of hydrogen-bond acceptors (Lipinski definition) is 6. The molecule has 2 aromatic carbocycles. The predicted octanol–water partition coefficient (Wildman–Crippen LogP) is 2.42. The van der Waals surface area contributed by atoms with Crippen molar-refractivity contribution in [3.63, 3.8) is 0 Å². The summed E-state index contributed by atoms with van der Waals surface area (Å²) in [6.07, 6.45) is 4.57. The van der Waals surface area contributed by atoms with E-state index in [2.05, 4.69) is 10.3 Å². The number of carbonyl (C=O) groups excluding carboxylic acids is 3. The molecule has 0 saturated carbocycles. The smallest absolute Gasteiger partial charge is 0.318 e. The van der Waals surface area contributed by atoms with Gasteiger partial charge in [0.2, 0.25) is 0 Å². The van der Waals surface area contributed by atoms with E-state index in [-0.39, 0.29) is 16.4 Å². The van der Waals surface area contributed by atoms with E-state index in [9.17, 15) is 22.8 Å². The topological polar surface area (TPSA) is 122 Å². The monoisotopic (exact) mass is 435 g/mol. The fraction of sp³-hybridized carbons (Fsp3) is 0. The summed E-state index contributed by atoms with van der Waals surface area (Å²) in [4.78, 5) is 40.1. The van der Waals surface area contributed by atoms with Crippen molar-refractivity contribution >= 4 is 39.4 Å². The van der Waals surface area contributed by atoms with Crippen molar-refractivity contribution in [1.29, 1.82) is 0 Å². The second-order valence-corrected chi connectivity index (χ2v) is 7.91. The first-order valence-electron chi connectivity index (χ1n) is 9.02. The highest BCUT2D eigenvalue weighted by Crippen LogP contribution is 2.12. The SMILES string of the molecule is O=C(Nc1ccc(C(=O)C=Cc2ccccn2)cc1)C(=O)NS(=O)(=O)c1ccccc1. The summed E-state index contributed by atoms with van der Waals surface area (Å²) in [5, 5.41) is 2.28. The Morgan fingerprint density at radius 2 is 1.48 bits per heavy atom. The Hall–Kier alpha value is -4.11. The van der Waals surface area contributed by atoms with Crippen molar-refractivity contribution in [2.75, 3.05) is 5.32 Å². The Labute approximate surface area is 178 Å². The molecule has 0 atom stereocenters. The lowest BCUT2D eigenvalue weighted by atomic mass is 10.1. The Balaban J connectivity index is 1.60. The Kier molecular flexibility index (Phi) is 6.68. The molecule has 2 amide bonds. The molecule has 3 aromatic rings. The minimum atomic E-state index is -4.16. The largest absolute Gasteiger partial charge is 0.323 e. The quantitative estimate of drug-likeness (QED) is 0.348. The highest BCUT2D eigenvalue weighted by Gasteiger charge is 2.22. The van der Waals surface area contributed by atoms with E-state index in [1.165, 1.54) is 54.6 Å². The number of rotatable bonds is 6. The number of sulfonamides is 1. The third-order valence-corrected chi connectivity index (χ3v) is 5.35. The standard InChI is InChI=1S/C22H17N3O5S/c26-20(14-13-17-6-4-5-15-23-17)16-9-11-18(12-10-16)24-21(27)22(28)25-31(29,30)19-7-2-1-3-8-19/h1-15H,(H,24,27)(H,25,28). The van der Waals surface area contributed by atoms with Crippen molar-refractivity contribution in [1.82, 2.24) is 9.71 Å². The molecular weight excluding hydrogens is 418 g/mol. The Morgan fingerprint density at radius 3 is 2.13 bits per heavy atom. The van der Waals surface area contributed by atoms with Crippen LogP contribution in [0.3, 0.4) is 0 Å². The summed E-state index contributed by atoms with van der Waals surface area (Å²) in [6, 6.07) is 18.3. The van der Waals surface area contributed by atoms with Crippen LogP contribution in [0.5, 0.6) is 0 Å². The number of benzene rings is 2. The fourth-order valence-corrected chi connectivity index (χ4v) is 3.43. The maximum absolute atomic E-state index is 12.2. The van der Waals surface area contributed by atoms with E-state index in [4.69, 9.17) is 0 Å². The van der Waals surface area contributed by atoms with Crippen LogP contribution < -0.4 is 10.0 Å². The van der Waals surface area contributed by atoms with Crippen LogP contribution in [0.4, 0.5) is 5.69 Å². The molecule has 0 aliphatic carbocycles. The lowest BCUT2D eigenvalue weighted by Gasteiger charge is -2.08. The number of allylic oxidation sites excluding steroid dienone is 1. The van der Waals surface area contributed by atoms with E-state index in [0.717, 1.165) is 0 Å². The molecule has 9 heteroatoms. The number of nitrogens with one attached hydrogen (secondary N) is 2. The van der Waals surface area contributed by atoms with Crippen LogP contribution in [0, 0.1) is 0 Å². The van der Waals surface area contributed by atoms with Crippen LogP contribution in [0.2, 0.25) is 0 Å². The van der Waals surface area contributed by atoms with Gasteiger partial charge in [-0.05, 0) is 60.7 Å². The number of hydrogen-bond donors (Lipinski definition) is 2. The van der Waals surface area contributed by atoms with Crippen LogP contribution in [-0.2, 0) is 19.6 Å². The van der Waals surface area contributed by atoms with Gasteiger partial charge < -0.3 is 5.32 Å². The van der Waals surface area contributed by atoms with Crippen LogP contribution in [0.15, 0.2) is 90.0 Å². The normalized spacial score (nSPS) is 11.1. The summed E-state index contributed by atoms with van der Waals surface area (Å²) in [5.74, 6) is -2.76. The second-order valence-electron chi connectivity index (χ2n) is 6.23. The summed E-state index contributed by atoms with van der Waals surface area (Å²) < 4.78 is 26.0. The van der Waals surface area contributed by atoms with Crippen molar-refractivity contribution in [2.24, 2.45) is 0 Å². The number of aromatic nitrogens is 1. The molecule has 8 nitrogen and oxygen atoms in total. The van der Waals surface area contributed by atoms with E-state index < -0.39 is 21.8 Å². The van der Waals surface area contributed by atoms with Gasteiger partial charge in [0.05, 0.1) is 10.6 Å². The summed E-state index contributed by atoms with van der Waals surface area (Å²) in [5.41, 5.74) is 1.22. The van der Waals surface area contributed by atoms with Gasteiger partial charge in [-0.25, -0.2) is 13.1 Å². The minimum Gasteiger partial charge on any atom is -0.318 e. The van der Waals surface area contributed by atoms with Crippen LogP contribution >= 0.6 is 0 Å². The zero-order valence-corrected chi connectivity index (χ0v) is 16.9. The van der Waals surface area contributed by atoms with Crippen LogP contribution in [-0.4, -0.2) is 31.0 Å². The molecule has 0 spiro atoms. The van der Waals surface area contributed by atoms with Crippen molar-refractivity contribution < 1.29 is 22.8 Å². The van der Waals surface area contributed by atoms with Gasteiger partial charge in [-0.15, -0.1) is 0 Å². The maximum atomic E-state index is 12.2. The third-order valence-electron chi connectivity index (χ3n) is 4.01. The van der Waals surface area contributed by atoms with Crippen molar-refractivity contribution in [3.05, 3.63) is 96.3 Å². The van der Waals surface area contributed by atoms with E-state index >= 15 is 0 Å².